The highest BCUT2D eigenvalue weighted by Gasteiger charge is 2.19. The number of allylic oxidation sites excluding steroid dienone is 1. The molecular weight excluding hydrogens is 416 g/mol. The van der Waals surface area contributed by atoms with E-state index in [1.807, 2.05) is 42.5 Å². The van der Waals surface area contributed by atoms with Crippen molar-refractivity contribution in [3.8, 4) is 33.5 Å². The first kappa shape index (κ1) is 18.9. The van der Waals surface area contributed by atoms with Crippen LogP contribution in [0.3, 0.4) is 0 Å². The van der Waals surface area contributed by atoms with Crippen molar-refractivity contribution in [2.75, 3.05) is 6.79 Å². The highest BCUT2D eigenvalue weighted by Crippen LogP contribution is 2.36. The number of ether oxygens (including phenoxy) is 2. The summed E-state index contributed by atoms with van der Waals surface area (Å²) in [6.07, 6.45) is 1.85. The van der Waals surface area contributed by atoms with Gasteiger partial charge >= 0.3 is 0 Å². The number of nitrogens with zero attached hydrogens (tertiary/aromatic N) is 4. The van der Waals surface area contributed by atoms with Gasteiger partial charge < -0.3 is 9.47 Å². The van der Waals surface area contributed by atoms with Crippen molar-refractivity contribution in [1.82, 2.24) is 19.7 Å². The summed E-state index contributed by atoms with van der Waals surface area (Å²) in [5, 5.41) is 12.8. The maximum Gasteiger partial charge on any atom is 0.231 e. The molecule has 0 spiro atoms. The van der Waals surface area contributed by atoms with Crippen LogP contribution < -0.4 is 9.47 Å². The van der Waals surface area contributed by atoms with Crippen LogP contribution in [-0.2, 0) is 12.3 Å². The molecule has 0 N–H and O–H groups in total. The number of thiazole rings is 1. The molecule has 1 aliphatic heterocycles. The largest absolute Gasteiger partial charge is 0.454 e. The molecule has 1 aliphatic rings. The van der Waals surface area contributed by atoms with Gasteiger partial charge in [0, 0.05) is 28.8 Å². The number of rotatable bonds is 7. The fraction of sp³-hybridized carbons (Fsp3) is 0.136. The van der Waals surface area contributed by atoms with Crippen LogP contribution in [0.25, 0.3) is 22.0 Å². The molecule has 3 heterocycles. The topological polar surface area (TPSA) is 62.1 Å². The van der Waals surface area contributed by atoms with Gasteiger partial charge in [-0.2, -0.15) is 0 Å². The molecule has 0 saturated carbocycles. The maximum atomic E-state index is 5.50. The van der Waals surface area contributed by atoms with Crippen molar-refractivity contribution < 1.29 is 9.47 Å². The SMILES string of the molecule is C=CCn1c(SCc2csc(-c3ccccc3)n2)nnc1-c1ccc2c(c1)OCO2. The van der Waals surface area contributed by atoms with Crippen LogP contribution >= 0.6 is 23.1 Å². The van der Waals surface area contributed by atoms with E-state index in [4.69, 9.17) is 14.5 Å². The van der Waals surface area contributed by atoms with Crippen LogP contribution in [0.4, 0.5) is 0 Å². The van der Waals surface area contributed by atoms with Gasteiger partial charge in [-0.05, 0) is 18.2 Å². The summed E-state index contributed by atoms with van der Waals surface area (Å²) in [5.41, 5.74) is 3.10. The highest BCUT2D eigenvalue weighted by molar-refractivity contribution is 7.98. The molecule has 0 aliphatic carbocycles. The fourth-order valence-electron chi connectivity index (χ4n) is 3.16. The Hall–Kier alpha value is -3.10. The van der Waals surface area contributed by atoms with Crippen molar-refractivity contribution in [2.24, 2.45) is 0 Å². The smallest absolute Gasteiger partial charge is 0.231 e. The van der Waals surface area contributed by atoms with Gasteiger partial charge in [-0.3, -0.25) is 4.57 Å². The van der Waals surface area contributed by atoms with Gasteiger partial charge in [0.25, 0.3) is 0 Å². The molecule has 2 aromatic carbocycles. The second-order valence-corrected chi connectivity index (χ2v) is 8.37. The van der Waals surface area contributed by atoms with Crippen molar-refractivity contribution in [2.45, 2.75) is 17.5 Å². The molecule has 0 saturated heterocycles. The van der Waals surface area contributed by atoms with Crippen molar-refractivity contribution in [1.29, 1.82) is 0 Å². The highest BCUT2D eigenvalue weighted by atomic mass is 32.2. The van der Waals surface area contributed by atoms with Gasteiger partial charge in [-0.1, -0.05) is 48.2 Å². The molecule has 0 amide bonds. The first-order valence-corrected chi connectivity index (χ1v) is 11.2. The molecule has 8 heteroatoms. The lowest BCUT2D eigenvalue weighted by atomic mass is 10.2. The van der Waals surface area contributed by atoms with E-state index in [1.165, 1.54) is 0 Å². The van der Waals surface area contributed by atoms with E-state index >= 15 is 0 Å². The third-order valence-corrected chi connectivity index (χ3v) is 6.52. The van der Waals surface area contributed by atoms with Crippen LogP contribution in [0.2, 0.25) is 0 Å². The molecule has 0 radical (unpaired) electrons. The first-order valence-electron chi connectivity index (χ1n) is 9.38. The van der Waals surface area contributed by atoms with Crippen molar-refractivity contribution in [3.63, 3.8) is 0 Å². The standard InChI is InChI=1S/C22H18N4O2S2/c1-2-10-26-20(16-8-9-18-19(11-16)28-14-27-18)24-25-22(26)30-13-17-12-29-21(23-17)15-6-4-3-5-7-15/h2-9,11-12H,1,10,13-14H2. The van der Waals surface area contributed by atoms with Crippen LogP contribution in [-0.4, -0.2) is 26.5 Å². The summed E-state index contributed by atoms with van der Waals surface area (Å²) < 4.78 is 13.0. The van der Waals surface area contributed by atoms with Crippen LogP contribution in [0, 0.1) is 0 Å². The molecule has 0 atom stereocenters. The molecule has 30 heavy (non-hydrogen) atoms. The Morgan fingerprint density at radius 1 is 1.07 bits per heavy atom. The lowest BCUT2D eigenvalue weighted by molar-refractivity contribution is 0.174. The average molecular weight is 435 g/mol. The monoisotopic (exact) mass is 434 g/mol. The summed E-state index contributed by atoms with van der Waals surface area (Å²) in [7, 11) is 0. The normalized spacial score (nSPS) is 12.3. The Balaban J connectivity index is 1.36. The van der Waals surface area contributed by atoms with Gasteiger partial charge in [-0.25, -0.2) is 4.98 Å². The maximum absolute atomic E-state index is 5.50. The van der Waals surface area contributed by atoms with Crippen LogP contribution in [0.5, 0.6) is 11.5 Å². The van der Waals surface area contributed by atoms with Crippen molar-refractivity contribution in [3.05, 3.63) is 72.3 Å². The minimum Gasteiger partial charge on any atom is -0.454 e. The second kappa shape index (κ2) is 8.33. The number of benzene rings is 2. The number of fused-ring (bicyclic) bond motifs is 1. The van der Waals surface area contributed by atoms with Gasteiger partial charge in [0.15, 0.2) is 22.5 Å². The molecule has 0 fully saturated rings. The predicted octanol–water partition coefficient (Wildman–Crippen LogP) is 5.28. The van der Waals surface area contributed by atoms with Gasteiger partial charge in [0.05, 0.1) is 5.69 Å². The second-order valence-electron chi connectivity index (χ2n) is 6.57. The third-order valence-electron chi connectivity index (χ3n) is 4.58. The summed E-state index contributed by atoms with van der Waals surface area (Å²) in [5.74, 6) is 2.98. The minimum atomic E-state index is 0.248. The number of aromatic nitrogens is 4. The molecule has 2 aromatic heterocycles. The zero-order chi connectivity index (χ0) is 20.3. The predicted molar refractivity (Wildman–Crippen MR) is 119 cm³/mol. The van der Waals surface area contributed by atoms with Crippen LogP contribution in [0.15, 0.2) is 71.7 Å². The van der Waals surface area contributed by atoms with E-state index in [2.05, 4.69) is 38.9 Å². The molecule has 5 rings (SSSR count). The van der Waals surface area contributed by atoms with Gasteiger partial charge in [-0.15, -0.1) is 28.1 Å². The average Bonchev–Trinajstić information content (AvgIpc) is 3.52. The fourth-order valence-corrected chi connectivity index (χ4v) is 4.94. The number of thioether (sulfide) groups is 1. The van der Waals surface area contributed by atoms with E-state index in [0.717, 1.165) is 50.1 Å². The summed E-state index contributed by atoms with van der Waals surface area (Å²) in [6.45, 7) is 4.75. The van der Waals surface area contributed by atoms with E-state index in [-0.39, 0.29) is 6.79 Å². The molecule has 0 bridgehead atoms. The third kappa shape index (κ3) is 3.71. The quantitative estimate of drug-likeness (QED) is 0.291. The first-order chi connectivity index (χ1) is 14.8. The lowest BCUT2D eigenvalue weighted by Gasteiger charge is -2.08. The summed E-state index contributed by atoms with van der Waals surface area (Å²) in [6, 6.07) is 16.0. The van der Waals surface area contributed by atoms with Gasteiger partial charge in [0.2, 0.25) is 6.79 Å². The number of hydrogen-bond acceptors (Lipinski definition) is 7. The van der Waals surface area contributed by atoms with E-state index in [9.17, 15) is 0 Å². The molecular formula is C22H18N4O2S2. The van der Waals surface area contributed by atoms with Crippen molar-refractivity contribution >= 4 is 23.1 Å². The molecule has 0 unspecified atom stereocenters. The molecule has 150 valence electrons. The Morgan fingerprint density at radius 3 is 2.80 bits per heavy atom. The zero-order valence-corrected chi connectivity index (χ0v) is 17.7. The van der Waals surface area contributed by atoms with Crippen LogP contribution in [0.1, 0.15) is 5.69 Å². The Labute approximate surface area is 182 Å². The summed E-state index contributed by atoms with van der Waals surface area (Å²) >= 11 is 3.28. The van der Waals surface area contributed by atoms with E-state index in [0.29, 0.717) is 6.54 Å². The summed E-state index contributed by atoms with van der Waals surface area (Å²) in [4.78, 5) is 4.77. The number of hydrogen-bond donors (Lipinski definition) is 0. The lowest BCUT2D eigenvalue weighted by Crippen LogP contribution is -2.00. The van der Waals surface area contributed by atoms with E-state index < -0.39 is 0 Å². The zero-order valence-electron chi connectivity index (χ0n) is 16.0. The molecule has 4 aromatic rings. The molecule has 6 nitrogen and oxygen atoms in total. The van der Waals surface area contributed by atoms with E-state index in [1.54, 1.807) is 23.1 Å². The Morgan fingerprint density at radius 2 is 1.93 bits per heavy atom. The minimum absolute atomic E-state index is 0.248. The van der Waals surface area contributed by atoms with Gasteiger partial charge in [0.1, 0.15) is 5.01 Å². The Kier molecular flexibility index (Phi) is 5.25. The Bertz CT molecular complexity index is 1190.